The molecule has 0 bridgehead atoms. The number of amides is 4. The van der Waals surface area contributed by atoms with Crippen molar-refractivity contribution in [2.45, 2.75) is 109 Å². The van der Waals surface area contributed by atoms with Gasteiger partial charge >= 0.3 is 18.0 Å². The number of carboxylic acid groups (broad SMARTS) is 1. The monoisotopic (exact) mass is 719 g/mol. The minimum Gasteiger partial charge on any atom is -0.480 e. The molecule has 2 aromatic carbocycles. The van der Waals surface area contributed by atoms with Gasteiger partial charge in [0.1, 0.15) is 29.3 Å². The molecular formula is C38H49N5O9. The first-order chi connectivity index (χ1) is 24.6. The molecule has 1 aliphatic heterocycles. The molecule has 0 spiro atoms. The fraction of sp³-hybridized carbons (Fsp3) is 0.500. The molecule has 0 unspecified atom stereocenters. The van der Waals surface area contributed by atoms with Crippen LogP contribution in [0.2, 0.25) is 0 Å². The van der Waals surface area contributed by atoms with Crippen LogP contribution >= 0.6 is 0 Å². The van der Waals surface area contributed by atoms with E-state index in [-0.39, 0.29) is 38.8 Å². The maximum Gasteiger partial charge on any atom is 0.408 e. The number of aliphatic carboxylic acids is 1. The Morgan fingerprint density at radius 2 is 1.63 bits per heavy atom. The average molecular weight is 720 g/mol. The summed E-state index contributed by atoms with van der Waals surface area (Å²) >= 11 is 0. The topological polar surface area (TPSA) is 204 Å². The minimum atomic E-state index is -1.56. The van der Waals surface area contributed by atoms with Crippen LogP contribution in [0.4, 0.5) is 4.79 Å². The van der Waals surface area contributed by atoms with E-state index in [0.29, 0.717) is 36.0 Å². The summed E-state index contributed by atoms with van der Waals surface area (Å²) in [7, 11) is 0. The quantitative estimate of drug-likeness (QED) is 0.146. The predicted octanol–water partition coefficient (Wildman–Crippen LogP) is 3.87. The highest BCUT2D eigenvalue weighted by atomic mass is 16.6. The van der Waals surface area contributed by atoms with Gasteiger partial charge in [0.2, 0.25) is 17.7 Å². The van der Waals surface area contributed by atoms with Crippen molar-refractivity contribution in [2.24, 2.45) is 0 Å². The molecule has 280 valence electrons. The number of carbonyl (C=O) groups is 6. The number of nitriles is 1. The van der Waals surface area contributed by atoms with Crippen LogP contribution < -0.4 is 16.0 Å². The van der Waals surface area contributed by atoms with Gasteiger partial charge in [-0.2, -0.15) is 5.26 Å². The van der Waals surface area contributed by atoms with Gasteiger partial charge in [-0.1, -0.05) is 37.3 Å². The minimum absolute atomic E-state index is 0.00450. The molecule has 1 fully saturated rings. The van der Waals surface area contributed by atoms with Gasteiger partial charge in [-0.05, 0) is 96.0 Å². The molecule has 2 aromatic rings. The van der Waals surface area contributed by atoms with Gasteiger partial charge in [0, 0.05) is 13.0 Å². The van der Waals surface area contributed by atoms with E-state index in [2.05, 4.69) is 16.0 Å². The van der Waals surface area contributed by atoms with Crippen LogP contribution in [0.15, 0.2) is 54.6 Å². The van der Waals surface area contributed by atoms with E-state index in [1.165, 1.54) is 11.8 Å². The summed E-state index contributed by atoms with van der Waals surface area (Å²) in [4.78, 5) is 79.7. The van der Waals surface area contributed by atoms with Crippen molar-refractivity contribution in [1.29, 1.82) is 5.26 Å². The summed E-state index contributed by atoms with van der Waals surface area (Å²) in [6, 6.07) is 13.7. The molecular weight excluding hydrogens is 670 g/mol. The second-order valence-corrected chi connectivity index (χ2v) is 13.9. The van der Waals surface area contributed by atoms with Crippen molar-refractivity contribution in [3.05, 3.63) is 71.3 Å². The number of carbonyl (C=O) groups excluding carboxylic acids is 5. The van der Waals surface area contributed by atoms with Crippen LogP contribution in [0.25, 0.3) is 0 Å². The summed E-state index contributed by atoms with van der Waals surface area (Å²) < 4.78 is 10.7. The van der Waals surface area contributed by atoms with Gasteiger partial charge in [0.15, 0.2) is 0 Å². The summed E-state index contributed by atoms with van der Waals surface area (Å²) in [6.45, 7) is 8.49. The number of unbranched alkanes of at least 4 members (excludes halogenated alkanes) is 1. The number of nitrogens with one attached hydrogen (secondary N) is 3. The first-order valence-corrected chi connectivity index (χ1v) is 17.4. The van der Waals surface area contributed by atoms with Gasteiger partial charge in [-0.25, -0.2) is 14.4 Å². The largest absolute Gasteiger partial charge is 0.480 e. The maximum absolute atomic E-state index is 14.0. The van der Waals surface area contributed by atoms with Crippen molar-refractivity contribution in [3.8, 4) is 6.07 Å². The molecule has 14 nitrogen and oxygen atoms in total. The average Bonchev–Trinajstić information content (AvgIpc) is 3.61. The lowest BCUT2D eigenvalue weighted by molar-refractivity contribution is -0.149. The van der Waals surface area contributed by atoms with Crippen LogP contribution in [0.5, 0.6) is 0 Å². The Balaban J connectivity index is 1.76. The Morgan fingerprint density at radius 1 is 0.962 bits per heavy atom. The van der Waals surface area contributed by atoms with E-state index in [1.54, 1.807) is 82.3 Å². The molecule has 1 aliphatic rings. The number of nitrogens with zero attached hydrogens (tertiary/aromatic N) is 2. The molecule has 4 atom stereocenters. The van der Waals surface area contributed by atoms with Gasteiger partial charge in [-0.3, -0.25) is 14.4 Å². The second kappa shape index (κ2) is 18.7. The maximum atomic E-state index is 14.0. The number of alkyl carbamates (subject to hydrolysis) is 1. The van der Waals surface area contributed by atoms with Crippen LogP contribution in [-0.4, -0.2) is 88.2 Å². The highest BCUT2D eigenvalue weighted by Crippen LogP contribution is 2.21. The van der Waals surface area contributed by atoms with Gasteiger partial charge in [0.05, 0.1) is 23.8 Å². The lowest BCUT2D eigenvalue weighted by Gasteiger charge is -2.34. The number of hydrogen-bond acceptors (Lipinski definition) is 9. The number of ether oxygens (including phenoxy) is 2. The zero-order valence-corrected chi connectivity index (χ0v) is 30.4. The van der Waals surface area contributed by atoms with Gasteiger partial charge < -0.3 is 35.4 Å². The van der Waals surface area contributed by atoms with Crippen molar-refractivity contribution >= 4 is 35.8 Å². The summed E-state index contributed by atoms with van der Waals surface area (Å²) in [5.74, 6) is -3.56. The molecule has 0 aliphatic carbocycles. The highest BCUT2D eigenvalue weighted by molar-refractivity contribution is 5.97. The Kier molecular flexibility index (Phi) is 14.7. The Bertz CT molecular complexity index is 1620. The summed E-state index contributed by atoms with van der Waals surface area (Å²) in [5.41, 5.74) is -0.963. The lowest BCUT2D eigenvalue weighted by atomic mass is 9.94. The summed E-state index contributed by atoms with van der Waals surface area (Å²) in [6.07, 6.45) is 0.915. The van der Waals surface area contributed by atoms with Gasteiger partial charge in [-0.15, -0.1) is 0 Å². The molecule has 52 heavy (non-hydrogen) atoms. The fourth-order valence-corrected chi connectivity index (χ4v) is 5.61. The molecule has 0 aromatic heterocycles. The fourth-order valence-electron chi connectivity index (χ4n) is 5.61. The van der Waals surface area contributed by atoms with E-state index < -0.39 is 65.0 Å². The van der Waals surface area contributed by atoms with Crippen LogP contribution in [-0.2, 0) is 35.1 Å². The van der Waals surface area contributed by atoms with E-state index in [4.69, 9.17) is 9.47 Å². The summed E-state index contributed by atoms with van der Waals surface area (Å²) in [5, 5.41) is 27.0. The molecule has 1 saturated heterocycles. The molecule has 0 saturated carbocycles. The first-order valence-electron chi connectivity index (χ1n) is 17.4. The zero-order valence-electron chi connectivity index (χ0n) is 30.4. The van der Waals surface area contributed by atoms with E-state index in [1.807, 2.05) is 6.07 Å². The highest BCUT2D eigenvalue weighted by Gasteiger charge is 2.41. The van der Waals surface area contributed by atoms with Crippen molar-refractivity contribution in [3.63, 3.8) is 0 Å². The molecule has 4 amide bonds. The lowest BCUT2D eigenvalue weighted by Crippen LogP contribution is -2.63. The van der Waals surface area contributed by atoms with E-state index >= 15 is 0 Å². The number of carboxylic acids is 1. The molecule has 1 heterocycles. The third kappa shape index (κ3) is 12.1. The van der Waals surface area contributed by atoms with E-state index in [0.717, 1.165) is 0 Å². The van der Waals surface area contributed by atoms with Crippen LogP contribution in [0.3, 0.4) is 0 Å². The SMILES string of the molecule is CC[C@](C)(NC(=O)[C@H](CCCCOC(=O)c1ccccc1)NC(=O)OC(C)(C)C)C(=O)N[C@@H](Cc1ccc(C#N)cc1)C(=O)N1CCC[C@@H]1C(=O)O. The normalized spacial score (nSPS) is 16.3. The third-order valence-corrected chi connectivity index (χ3v) is 8.69. The van der Waals surface area contributed by atoms with Crippen LogP contribution in [0, 0.1) is 11.3 Å². The third-order valence-electron chi connectivity index (χ3n) is 8.69. The molecule has 0 radical (unpaired) electrons. The Hall–Kier alpha value is -5.45. The molecule has 14 heteroatoms. The molecule has 3 rings (SSSR count). The van der Waals surface area contributed by atoms with Crippen molar-refractivity contribution in [2.75, 3.05) is 13.2 Å². The smallest absolute Gasteiger partial charge is 0.408 e. The first kappa shape index (κ1) is 41.0. The Morgan fingerprint density at radius 3 is 2.23 bits per heavy atom. The van der Waals surface area contributed by atoms with E-state index in [9.17, 15) is 39.1 Å². The zero-order chi connectivity index (χ0) is 38.5. The Labute approximate surface area is 304 Å². The molecule has 4 N–H and O–H groups in total. The predicted molar refractivity (Wildman–Crippen MR) is 190 cm³/mol. The second-order valence-electron chi connectivity index (χ2n) is 13.9. The number of hydrogen-bond donors (Lipinski definition) is 4. The van der Waals surface area contributed by atoms with Crippen molar-refractivity contribution < 1.29 is 43.3 Å². The standard InChI is InChI=1S/C38H49N5O9/c1-6-38(5,35(49)40-29(23-25-17-19-26(24-39)20-18-25)32(45)43-21-12-16-30(43)33(46)47)42-31(44)28(41-36(50)52-37(2,3)4)15-10-11-22-51-34(48)27-13-8-7-9-14-27/h7-9,13-14,17-20,28-30H,6,10-12,15-16,21-23H2,1-5H3,(H,40,49)(H,41,50)(H,42,44)(H,46,47)/t28-,29-,30+,38-/m0/s1. The number of esters is 1. The van der Waals surface area contributed by atoms with Gasteiger partial charge in [0.25, 0.3) is 0 Å². The number of rotatable bonds is 16. The van der Waals surface area contributed by atoms with Crippen molar-refractivity contribution in [1.82, 2.24) is 20.9 Å². The number of likely N-dealkylation sites (tertiary alicyclic amines) is 1. The van der Waals surface area contributed by atoms with Crippen LogP contribution in [0.1, 0.15) is 94.6 Å². The number of benzene rings is 2.